The van der Waals surface area contributed by atoms with Gasteiger partial charge >= 0.3 is 0 Å². The summed E-state index contributed by atoms with van der Waals surface area (Å²) < 4.78 is 10.4. The van der Waals surface area contributed by atoms with Gasteiger partial charge in [-0.05, 0) is 48.7 Å². The first-order valence-corrected chi connectivity index (χ1v) is 11.1. The summed E-state index contributed by atoms with van der Waals surface area (Å²) in [5.41, 5.74) is 2.12. The summed E-state index contributed by atoms with van der Waals surface area (Å²) in [6, 6.07) is 15.3. The molecule has 172 valence electrons. The van der Waals surface area contributed by atoms with Gasteiger partial charge in [-0.15, -0.1) is 0 Å². The molecule has 0 saturated carbocycles. The quantitative estimate of drug-likeness (QED) is 0.650. The topological polar surface area (TPSA) is 71.1 Å². The van der Waals surface area contributed by atoms with Crippen molar-refractivity contribution in [2.75, 3.05) is 40.4 Å². The molecule has 0 aliphatic carbocycles. The Labute approximate surface area is 190 Å². The van der Waals surface area contributed by atoms with Crippen LogP contribution in [0.1, 0.15) is 24.5 Å². The van der Waals surface area contributed by atoms with Gasteiger partial charge in [-0.25, -0.2) is 0 Å². The Balaban J connectivity index is 1.40. The first-order valence-electron chi connectivity index (χ1n) is 11.1. The SMILES string of the molecule is COc1ccc(CCC(=O)N2CCN(C(C)C(=O)NCc3cccc(OC)c3)CC2)cc1. The highest BCUT2D eigenvalue weighted by molar-refractivity contribution is 5.81. The van der Waals surface area contributed by atoms with E-state index in [1.54, 1.807) is 14.2 Å². The van der Waals surface area contributed by atoms with Crippen LogP contribution in [0.15, 0.2) is 48.5 Å². The number of benzene rings is 2. The zero-order valence-electron chi connectivity index (χ0n) is 19.2. The molecule has 1 aliphatic heterocycles. The second-order valence-electron chi connectivity index (χ2n) is 8.01. The average molecular weight is 440 g/mol. The lowest BCUT2D eigenvalue weighted by Crippen LogP contribution is -2.54. The standard InChI is InChI=1S/C25H33N3O4/c1-19(25(30)26-18-21-5-4-6-23(17-21)32-3)27-13-15-28(16-14-27)24(29)12-9-20-7-10-22(31-2)11-8-20/h4-8,10-11,17,19H,9,12-16,18H2,1-3H3,(H,26,30). The number of piperazine rings is 1. The van der Waals surface area contributed by atoms with Crippen LogP contribution in [0.5, 0.6) is 11.5 Å². The second kappa shape index (κ2) is 11.5. The van der Waals surface area contributed by atoms with Gasteiger partial charge in [0.2, 0.25) is 11.8 Å². The second-order valence-corrected chi connectivity index (χ2v) is 8.01. The predicted octanol–water partition coefficient (Wildman–Crippen LogP) is 2.49. The van der Waals surface area contributed by atoms with Gasteiger partial charge in [0, 0.05) is 39.1 Å². The van der Waals surface area contributed by atoms with Crippen LogP contribution in [-0.2, 0) is 22.6 Å². The summed E-state index contributed by atoms with van der Waals surface area (Å²) >= 11 is 0. The number of ether oxygens (including phenoxy) is 2. The van der Waals surface area contributed by atoms with Crippen molar-refractivity contribution in [2.24, 2.45) is 0 Å². The van der Waals surface area contributed by atoms with E-state index in [2.05, 4.69) is 10.2 Å². The highest BCUT2D eigenvalue weighted by Crippen LogP contribution is 2.15. The Bertz CT molecular complexity index is 892. The van der Waals surface area contributed by atoms with Crippen molar-refractivity contribution in [2.45, 2.75) is 32.4 Å². The summed E-state index contributed by atoms with van der Waals surface area (Å²) in [7, 11) is 3.27. The number of rotatable bonds is 9. The van der Waals surface area contributed by atoms with Crippen LogP contribution in [-0.4, -0.2) is 68.1 Å². The van der Waals surface area contributed by atoms with Gasteiger partial charge in [-0.2, -0.15) is 0 Å². The van der Waals surface area contributed by atoms with E-state index in [1.165, 1.54) is 0 Å². The summed E-state index contributed by atoms with van der Waals surface area (Å²) in [5, 5.41) is 3.00. The maximum atomic E-state index is 12.6. The van der Waals surface area contributed by atoms with Gasteiger partial charge < -0.3 is 19.7 Å². The van der Waals surface area contributed by atoms with Crippen LogP contribution in [0.2, 0.25) is 0 Å². The minimum Gasteiger partial charge on any atom is -0.497 e. The molecule has 1 atom stereocenters. The summed E-state index contributed by atoms with van der Waals surface area (Å²) in [5.74, 6) is 1.75. The number of amides is 2. The van der Waals surface area contributed by atoms with Crippen LogP contribution in [0.25, 0.3) is 0 Å². The van der Waals surface area contributed by atoms with Crippen LogP contribution >= 0.6 is 0 Å². The predicted molar refractivity (Wildman–Crippen MR) is 124 cm³/mol. The fourth-order valence-corrected chi connectivity index (χ4v) is 3.85. The molecule has 7 heteroatoms. The van der Waals surface area contributed by atoms with Crippen molar-refractivity contribution in [1.29, 1.82) is 0 Å². The molecule has 0 bridgehead atoms. The van der Waals surface area contributed by atoms with E-state index in [0.29, 0.717) is 45.6 Å². The van der Waals surface area contributed by atoms with Crippen molar-refractivity contribution in [1.82, 2.24) is 15.1 Å². The molecule has 2 amide bonds. The zero-order valence-corrected chi connectivity index (χ0v) is 19.2. The van der Waals surface area contributed by atoms with Crippen LogP contribution in [0.4, 0.5) is 0 Å². The number of nitrogens with zero attached hydrogens (tertiary/aromatic N) is 2. The minimum atomic E-state index is -0.239. The molecule has 1 aliphatic rings. The van der Waals surface area contributed by atoms with Crippen molar-refractivity contribution in [3.63, 3.8) is 0 Å². The molecule has 1 fully saturated rings. The smallest absolute Gasteiger partial charge is 0.237 e. The molecule has 0 aromatic heterocycles. The van der Waals surface area contributed by atoms with E-state index in [9.17, 15) is 9.59 Å². The van der Waals surface area contributed by atoms with Gasteiger partial charge in [0.25, 0.3) is 0 Å². The van der Waals surface area contributed by atoms with E-state index in [-0.39, 0.29) is 17.9 Å². The summed E-state index contributed by atoms with van der Waals surface area (Å²) in [6.45, 7) is 5.07. The number of hydrogen-bond acceptors (Lipinski definition) is 5. The van der Waals surface area contributed by atoms with Crippen molar-refractivity contribution in [3.8, 4) is 11.5 Å². The molecule has 32 heavy (non-hydrogen) atoms. The van der Waals surface area contributed by atoms with E-state index >= 15 is 0 Å². The first-order chi connectivity index (χ1) is 15.5. The van der Waals surface area contributed by atoms with E-state index in [1.807, 2.05) is 60.4 Å². The molecule has 1 saturated heterocycles. The Morgan fingerprint density at radius 2 is 1.62 bits per heavy atom. The minimum absolute atomic E-state index is 0.00731. The molecule has 2 aromatic carbocycles. The Morgan fingerprint density at radius 3 is 2.28 bits per heavy atom. The van der Waals surface area contributed by atoms with Gasteiger partial charge in [0.05, 0.1) is 20.3 Å². The van der Waals surface area contributed by atoms with Crippen LogP contribution in [0, 0.1) is 0 Å². The maximum Gasteiger partial charge on any atom is 0.237 e. The molecule has 1 N–H and O–H groups in total. The normalized spacial score (nSPS) is 15.2. The van der Waals surface area contributed by atoms with E-state index in [4.69, 9.17) is 9.47 Å². The van der Waals surface area contributed by atoms with E-state index in [0.717, 1.165) is 22.6 Å². The van der Waals surface area contributed by atoms with Crippen molar-refractivity contribution in [3.05, 3.63) is 59.7 Å². The molecule has 0 radical (unpaired) electrons. The number of nitrogens with one attached hydrogen (secondary N) is 1. The van der Waals surface area contributed by atoms with E-state index < -0.39 is 0 Å². The Hall–Kier alpha value is -3.06. The van der Waals surface area contributed by atoms with Crippen molar-refractivity contribution >= 4 is 11.8 Å². The maximum absolute atomic E-state index is 12.6. The number of aryl methyl sites for hydroxylation is 1. The molecule has 2 aromatic rings. The fourth-order valence-electron chi connectivity index (χ4n) is 3.85. The lowest BCUT2D eigenvalue weighted by Gasteiger charge is -2.37. The lowest BCUT2D eigenvalue weighted by atomic mass is 10.1. The third kappa shape index (κ3) is 6.47. The average Bonchev–Trinajstić information content (AvgIpc) is 2.85. The Morgan fingerprint density at radius 1 is 0.938 bits per heavy atom. The number of hydrogen-bond donors (Lipinski definition) is 1. The largest absolute Gasteiger partial charge is 0.497 e. The van der Waals surface area contributed by atoms with Gasteiger partial charge in [0.15, 0.2) is 0 Å². The third-order valence-electron chi connectivity index (χ3n) is 5.98. The molecular formula is C25H33N3O4. The first kappa shape index (κ1) is 23.6. The summed E-state index contributed by atoms with van der Waals surface area (Å²) in [4.78, 5) is 29.3. The highest BCUT2D eigenvalue weighted by Gasteiger charge is 2.27. The Kier molecular flexibility index (Phi) is 8.50. The highest BCUT2D eigenvalue weighted by atomic mass is 16.5. The molecular weight excluding hydrogens is 406 g/mol. The zero-order chi connectivity index (χ0) is 22.9. The van der Waals surface area contributed by atoms with Gasteiger partial charge in [-0.1, -0.05) is 24.3 Å². The van der Waals surface area contributed by atoms with Crippen LogP contribution < -0.4 is 14.8 Å². The van der Waals surface area contributed by atoms with Gasteiger partial charge in [-0.3, -0.25) is 14.5 Å². The molecule has 1 heterocycles. The van der Waals surface area contributed by atoms with Gasteiger partial charge in [0.1, 0.15) is 11.5 Å². The molecule has 3 rings (SSSR count). The molecule has 7 nitrogen and oxygen atoms in total. The molecule has 1 unspecified atom stereocenters. The third-order valence-corrected chi connectivity index (χ3v) is 5.98. The number of carbonyl (C=O) groups is 2. The number of carbonyl (C=O) groups excluding carboxylic acids is 2. The van der Waals surface area contributed by atoms with Crippen molar-refractivity contribution < 1.29 is 19.1 Å². The lowest BCUT2D eigenvalue weighted by molar-refractivity contribution is -0.134. The summed E-state index contributed by atoms with van der Waals surface area (Å²) in [6.07, 6.45) is 1.20. The van der Waals surface area contributed by atoms with Crippen LogP contribution in [0.3, 0.4) is 0 Å². The fraction of sp³-hybridized carbons (Fsp3) is 0.440. The number of methoxy groups -OCH3 is 2. The molecule has 0 spiro atoms. The monoisotopic (exact) mass is 439 g/mol.